The smallest absolute Gasteiger partial charge is 0.266 e. The number of hydrogen-bond acceptors (Lipinski definition) is 6. The maximum absolute atomic E-state index is 11.0. The van der Waals surface area contributed by atoms with Gasteiger partial charge in [-0.1, -0.05) is 48.1 Å². The van der Waals surface area contributed by atoms with Crippen molar-refractivity contribution in [3.63, 3.8) is 0 Å². The molecule has 12 nitrogen and oxygen atoms in total. The fourth-order valence-corrected chi connectivity index (χ4v) is 1.97. The number of hydrogen-bond donors (Lipinski definition) is 6. The minimum absolute atomic E-state index is 0.0648. The molecule has 36 heavy (non-hydrogen) atoms. The molecule has 0 aliphatic rings. The molecule has 12 heteroatoms. The molecular weight excluding hydrogens is 468 g/mol. The van der Waals surface area contributed by atoms with Crippen LogP contribution in [0.25, 0.3) is 0 Å². The molecule has 2 atom stereocenters. The summed E-state index contributed by atoms with van der Waals surface area (Å²) >= 11 is 0. The first-order chi connectivity index (χ1) is 16.8. The zero-order chi connectivity index (χ0) is 29.9. The second-order valence-electron chi connectivity index (χ2n) is 6.29. The average Bonchev–Trinajstić information content (AvgIpc) is 2.86. The van der Waals surface area contributed by atoms with Crippen molar-refractivity contribution in [3.8, 4) is 0 Å². The van der Waals surface area contributed by atoms with Gasteiger partial charge in [0.25, 0.3) is 5.91 Å². The van der Waals surface area contributed by atoms with Crippen LogP contribution in [0.4, 0.5) is 0 Å². The molecule has 0 rings (SSSR count). The van der Waals surface area contributed by atoms with Crippen LogP contribution in [0.3, 0.4) is 0 Å². The first-order valence-corrected chi connectivity index (χ1v) is 12.0. The Balaban J connectivity index is -0.000000125. The lowest BCUT2D eigenvalue weighted by Crippen LogP contribution is -2.44. The van der Waals surface area contributed by atoms with E-state index in [2.05, 4.69) is 38.5 Å². The lowest BCUT2D eigenvalue weighted by molar-refractivity contribution is -0.127. The molecule has 0 aromatic carbocycles. The highest BCUT2D eigenvalue weighted by molar-refractivity contribution is 5.96. The maximum Gasteiger partial charge on any atom is 0.266 e. The highest BCUT2D eigenvalue weighted by Crippen LogP contribution is 1.90. The van der Waals surface area contributed by atoms with Crippen LogP contribution < -0.4 is 31.9 Å². The Kier molecular flexibility index (Phi) is 35.1. The van der Waals surface area contributed by atoms with Gasteiger partial charge < -0.3 is 31.9 Å². The van der Waals surface area contributed by atoms with Crippen molar-refractivity contribution in [2.24, 2.45) is 0 Å². The molecule has 0 saturated carbocycles. The number of likely N-dealkylation sites (N-methyl/N-ethyl adjacent to an activating group) is 3. The third-order valence-electron chi connectivity index (χ3n) is 3.53. The molecule has 0 heterocycles. The lowest BCUT2D eigenvalue weighted by Gasteiger charge is -2.13. The molecule has 0 aliphatic heterocycles. The van der Waals surface area contributed by atoms with Gasteiger partial charge >= 0.3 is 0 Å². The van der Waals surface area contributed by atoms with Crippen molar-refractivity contribution in [1.29, 1.82) is 0 Å². The molecule has 6 amide bonds. The topological polar surface area (TPSA) is 175 Å². The van der Waals surface area contributed by atoms with E-state index in [1.807, 2.05) is 41.5 Å². The van der Waals surface area contributed by atoms with Gasteiger partial charge in [-0.15, -0.1) is 0 Å². The highest BCUT2D eigenvalue weighted by atomic mass is 16.2. The second-order valence-corrected chi connectivity index (χ2v) is 6.29. The van der Waals surface area contributed by atoms with Crippen molar-refractivity contribution < 1.29 is 28.8 Å². The Bertz CT molecular complexity index is 631. The number of carbonyl (C=O) groups excluding carboxylic acids is 6. The van der Waals surface area contributed by atoms with Gasteiger partial charge in [0.1, 0.15) is 12.1 Å². The highest BCUT2D eigenvalue weighted by Gasteiger charge is 2.15. The molecule has 0 aromatic rings. The number of carbonyl (C=O) groups is 6. The molecular formula is C24H50N6O6. The second kappa shape index (κ2) is 29.6. The first kappa shape index (κ1) is 42.7. The summed E-state index contributed by atoms with van der Waals surface area (Å²) in [7, 11) is 4.56. The third kappa shape index (κ3) is 28.6. The molecule has 212 valence electrons. The van der Waals surface area contributed by atoms with Crippen molar-refractivity contribution in [2.75, 3.05) is 21.1 Å². The van der Waals surface area contributed by atoms with Gasteiger partial charge in [0.05, 0.1) is 5.70 Å². The van der Waals surface area contributed by atoms with Gasteiger partial charge in [-0.2, -0.15) is 0 Å². The van der Waals surface area contributed by atoms with Crippen molar-refractivity contribution in [3.05, 3.63) is 12.3 Å². The summed E-state index contributed by atoms with van der Waals surface area (Å²) in [5.41, 5.74) is 0.0648. The van der Waals surface area contributed by atoms with Gasteiger partial charge in [-0.05, 0) is 12.8 Å². The summed E-state index contributed by atoms with van der Waals surface area (Å²) in [6.45, 7) is 19.1. The van der Waals surface area contributed by atoms with Crippen LogP contribution in [0.15, 0.2) is 12.3 Å². The summed E-state index contributed by atoms with van der Waals surface area (Å²) < 4.78 is 0. The fraction of sp³-hybridized carbons (Fsp3) is 0.667. The Morgan fingerprint density at radius 1 is 0.611 bits per heavy atom. The van der Waals surface area contributed by atoms with Gasteiger partial charge in [-0.25, -0.2) is 0 Å². The van der Waals surface area contributed by atoms with E-state index in [0.717, 1.165) is 0 Å². The molecule has 0 spiro atoms. The predicted molar refractivity (Wildman–Crippen MR) is 144 cm³/mol. The van der Waals surface area contributed by atoms with Gasteiger partial charge in [0, 0.05) is 41.9 Å². The third-order valence-corrected chi connectivity index (χ3v) is 3.53. The molecule has 0 fully saturated rings. The van der Waals surface area contributed by atoms with E-state index in [1.165, 1.54) is 27.8 Å². The fourth-order valence-electron chi connectivity index (χ4n) is 1.97. The van der Waals surface area contributed by atoms with Crippen LogP contribution in [-0.4, -0.2) is 68.7 Å². The Hall–Kier alpha value is -3.44. The van der Waals surface area contributed by atoms with Gasteiger partial charge in [0.2, 0.25) is 29.5 Å². The maximum atomic E-state index is 11.0. The number of amides is 6. The van der Waals surface area contributed by atoms with Crippen molar-refractivity contribution in [2.45, 2.75) is 87.2 Å². The summed E-state index contributed by atoms with van der Waals surface area (Å²) in [6, 6.07) is -0.782. The number of rotatable bonds is 8. The van der Waals surface area contributed by atoms with Crippen LogP contribution in [0.1, 0.15) is 75.2 Å². The Morgan fingerprint density at radius 2 is 0.917 bits per heavy atom. The quantitative estimate of drug-likeness (QED) is 0.258. The van der Waals surface area contributed by atoms with E-state index in [9.17, 15) is 28.8 Å². The predicted octanol–water partition coefficient (Wildman–Crippen LogP) is 0.729. The van der Waals surface area contributed by atoms with Gasteiger partial charge in [-0.3, -0.25) is 28.8 Å². The van der Waals surface area contributed by atoms with E-state index in [0.29, 0.717) is 12.8 Å². The zero-order valence-electron chi connectivity index (χ0n) is 24.2. The summed E-state index contributed by atoms with van der Waals surface area (Å²) in [4.78, 5) is 63.9. The molecule has 0 saturated heterocycles. The monoisotopic (exact) mass is 518 g/mol. The molecule has 0 bridgehead atoms. The standard InChI is InChI=1S/2C7H14N2O2.C6H10N2O2.2C2H6/c2*1-4-6(7(11)8-3)9-5(2)10;1-4(6(10)7-3)8-5(2)9;2*1-2/h2*6H,4H2,1-3H3,(H,8,11)(H,9,10);1H2,2-3H3,(H,7,10)(H,8,9);2*1-2H3. The average molecular weight is 519 g/mol. The van der Waals surface area contributed by atoms with Crippen LogP contribution in [-0.2, 0) is 28.8 Å². The summed E-state index contributed by atoms with van der Waals surface area (Å²) in [5, 5.41) is 14.6. The van der Waals surface area contributed by atoms with E-state index < -0.39 is 12.1 Å². The lowest BCUT2D eigenvalue weighted by atomic mass is 10.2. The normalized spacial score (nSPS) is 9.89. The minimum atomic E-state index is -0.391. The molecule has 6 N–H and O–H groups in total. The summed E-state index contributed by atoms with van der Waals surface area (Å²) in [6.07, 6.45) is 1.22. The Labute approximate surface area is 217 Å². The van der Waals surface area contributed by atoms with E-state index in [-0.39, 0.29) is 41.1 Å². The van der Waals surface area contributed by atoms with E-state index >= 15 is 0 Å². The molecule has 0 aromatic heterocycles. The van der Waals surface area contributed by atoms with Crippen LogP contribution in [0.2, 0.25) is 0 Å². The zero-order valence-corrected chi connectivity index (χ0v) is 24.2. The SMILES string of the molecule is C=C(NC(C)=O)C(=O)NC.CC.CC.CCC(NC(C)=O)C(=O)NC.CCC(NC(C)=O)C(=O)NC. The van der Waals surface area contributed by atoms with E-state index in [1.54, 1.807) is 14.1 Å². The van der Waals surface area contributed by atoms with Crippen LogP contribution in [0, 0.1) is 0 Å². The first-order valence-electron chi connectivity index (χ1n) is 12.0. The van der Waals surface area contributed by atoms with Crippen molar-refractivity contribution in [1.82, 2.24) is 31.9 Å². The van der Waals surface area contributed by atoms with E-state index in [4.69, 9.17) is 0 Å². The van der Waals surface area contributed by atoms with Crippen LogP contribution >= 0.6 is 0 Å². The molecule has 0 radical (unpaired) electrons. The molecule has 0 aliphatic carbocycles. The largest absolute Gasteiger partial charge is 0.357 e. The number of nitrogens with one attached hydrogen (secondary N) is 6. The van der Waals surface area contributed by atoms with Gasteiger partial charge in [0.15, 0.2) is 0 Å². The van der Waals surface area contributed by atoms with Crippen molar-refractivity contribution >= 4 is 35.4 Å². The molecule has 2 unspecified atom stereocenters. The van der Waals surface area contributed by atoms with Crippen LogP contribution in [0.5, 0.6) is 0 Å². The minimum Gasteiger partial charge on any atom is -0.357 e. The Morgan fingerprint density at radius 3 is 1.08 bits per heavy atom. The summed E-state index contributed by atoms with van der Waals surface area (Å²) in [5.74, 6) is -1.34.